The van der Waals surface area contributed by atoms with Crippen molar-refractivity contribution in [1.29, 1.82) is 5.41 Å². The summed E-state index contributed by atoms with van der Waals surface area (Å²) in [5.74, 6) is -2.00. The first kappa shape index (κ1) is 23.7. The molecule has 0 spiro atoms. The second-order valence-corrected chi connectivity index (χ2v) is 9.06. The Morgan fingerprint density at radius 2 is 1.84 bits per heavy atom. The number of aromatic hydroxyl groups is 1. The minimum atomic E-state index is -0.967. The highest BCUT2D eigenvalue weighted by molar-refractivity contribution is 6.08. The molecule has 176 valence electrons. The molecule has 1 saturated heterocycles. The number of carbonyl (C=O) groups excluding carboxylic acids is 2. The summed E-state index contributed by atoms with van der Waals surface area (Å²) >= 11 is 0. The average molecular weight is 450 g/mol. The maximum atomic E-state index is 13.0. The molecule has 1 unspecified atom stereocenters. The maximum Gasteiger partial charge on any atom is 0.334 e. The summed E-state index contributed by atoms with van der Waals surface area (Å²) in [6.45, 7) is 5.45. The van der Waals surface area contributed by atoms with Crippen LogP contribution in [0, 0.1) is 10.8 Å². The van der Waals surface area contributed by atoms with Crippen LogP contribution in [-0.2, 0) is 20.9 Å². The van der Waals surface area contributed by atoms with Crippen LogP contribution in [-0.4, -0.2) is 44.1 Å². The van der Waals surface area contributed by atoms with Gasteiger partial charge in [0.2, 0.25) is 11.8 Å². The molecule has 1 aliphatic carbocycles. The second kappa shape index (κ2) is 8.89. The van der Waals surface area contributed by atoms with Crippen molar-refractivity contribution >= 4 is 17.6 Å². The van der Waals surface area contributed by atoms with Gasteiger partial charge in [-0.1, -0.05) is 13.3 Å². The second-order valence-electron chi connectivity index (χ2n) is 9.06. The third-order valence-corrected chi connectivity index (χ3v) is 6.41. The Morgan fingerprint density at radius 3 is 2.34 bits per heavy atom. The standard InChI is InChI=1S/C21H31N5O6/c1-4-5-10-25-17(28)13(15(22)23)18(29)26(20(25)31)11-6-8-12(9-7-11)32-14-16(27)24-19(30)21(14,2)3/h11-12,14,28H,4-10H2,1-3H3,(H3,22,23)(H,24,27,30). The molecule has 0 radical (unpaired) electrons. The number of nitrogens with one attached hydrogen (secondary N) is 2. The number of hydrogen-bond donors (Lipinski definition) is 4. The van der Waals surface area contributed by atoms with E-state index in [-0.39, 0.29) is 24.1 Å². The molecule has 0 aromatic carbocycles. The van der Waals surface area contributed by atoms with Crippen molar-refractivity contribution in [1.82, 2.24) is 14.5 Å². The third kappa shape index (κ3) is 4.08. The van der Waals surface area contributed by atoms with Gasteiger partial charge in [0.1, 0.15) is 11.4 Å². The molecule has 0 bridgehead atoms. The van der Waals surface area contributed by atoms with E-state index in [1.54, 1.807) is 13.8 Å². The predicted octanol–water partition coefficient (Wildman–Crippen LogP) is 0.351. The van der Waals surface area contributed by atoms with E-state index in [1.807, 2.05) is 6.92 Å². The highest BCUT2D eigenvalue weighted by Crippen LogP contribution is 2.35. The number of carbonyl (C=O) groups is 2. The fourth-order valence-corrected chi connectivity index (χ4v) is 4.38. The summed E-state index contributed by atoms with van der Waals surface area (Å²) in [4.78, 5) is 50.1. The first-order valence-corrected chi connectivity index (χ1v) is 10.9. The van der Waals surface area contributed by atoms with Crippen LogP contribution in [0.15, 0.2) is 9.59 Å². The van der Waals surface area contributed by atoms with Crippen molar-refractivity contribution in [2.24, 2.45) is 11.1 Å². The number of imide groups is 1. The number of amides is 2. The molecule has 1 saturated carbocycles. The summed E-state index contributed by atoms with van der Waals surface area (Å²) in [6, 6.07) is -0.450. The van der Waals surface area contributed by atoms with E-state index in [0.717, 1.165) is 15.6 Å². The van der Waals surface area contributed by atoms with Crippen LogP contribution in [0.2, 0.25) is 0 Å². The van der Waals surface area contributed by atoms with Gasteiger partial charge in [0.05, 0.1) is 11.5 Å². The predicted molar refractivity (Wildman–Crippen MR) is 116 cm³/mol. The zero-order chi connectivity index (χ0) is 23.8. The van der Waals surface area contributed by atoms with Gasteiger partial charge in [-0.2, -0.15) is 0 Å². The Balaban J connectivity index is 1.83. The van der Waals surface area contributed by atoms with Crippen LogP contribution in [0.1, 0.15) is 70.9 Å². The monoisotopic (exact) mass is 449 g/mol. The highest BCUT2D eigenvalue weighted by atomic mass is 16.5. The van der Waals surface area contributed by atoms with Crippen molar-refractivity contribution in [2.45, 2.75) is 84.1 Å². The van der Waals surface area contributed by atoms with Gasteiger partial charge in [-0.15, -0.1) is 0 Å². The molecule has 1 aromatic heterocycles. The lowest BCUT2D eigenvalue weighted by atomic mass is 9.87. The first-order valence-electron chi connectivity index (χ1n) is 10.9. The minimum absolute atomic E-state index is 0.208. The zero-order valence-electron chi connectivity index (χ0n) is 18.6. The molecule has 11 nitrogen and oxygen atoms in total. The molecule has 1 aliphatic heterocycles. The quantitative estimate of drug-likeness (QED) is 0.264. The van der Waals surface area contributed by atoms with Gasteiger partial charge < -0.3 is 15.6 Å². The van der Waals surface area contributed by atoms with Crippen LogP contribution in [0.4, 0.5) is 0 Å². The molecule has 1 aromatic rings. The molecular weight excluding hydrogens is 418 g/mol. The lowest BCUT2D eigenvalue weighted by Gasteiger charge is -2.33. The normalized spacial score (nSPS) is 25.0. The number of nitrogens with zero attached hydrogens (tertiary/aromatic N) is 2. The van der Waals surface area contributed by atoms with Crippen LogP contribution in [0.3, 0.4) is 0 Å². The van der Waals surface area contributed by atoms with E-state index in [9.17, 15) is 24.3 Å². The molecule has 2 fully saturated rings. The maximum absolute atomic E-state index is 13.0. The van der Waals surface area contributed by atoms with Crippen molar-refractivity contribution in [3.05, 3.63) is 26.4 Å². The van der Waals surface area contributed by atoms with E-state index >= 15 is 0 Å². The van der Waals surface area contributed by atoms with Crippen molar-refractivity contribution in [3.63, 3.8) is 0 Å². The van der Waals surface area contributed by atoms with Gasteiger partial charge in [-0.05, 0) is 46.0 Å². The molecule has 1 atom stereocenters. The minimum Gasteiger partial charge on any atom is -0.494 e. The molecule has 3 rings (SSSR count). The van der Waals surface area contributed by atoms with Gasteiger partial charge in [0, 0.05) is 12.6 Å². The molecular formula is C21H31N5O6. The van der Waals surface area contributed by atoms with E-state index in [4.69, 9.17) is 15.9 Å². The van der Waals surface area contributed by atoms with Crippen molar-refractivity contribution < 1.29 is 19.4 Å². The Kier molecular flexibility index (Phi) is 6.59. The van der Waals surface area contributed by atoms with E-state index in [1.165, 1.54) is 0 Å². The summed E-state index contributed by atoms with van der Waals surface area (Å²) in [6.07, 6.45) is 2.03. The number of nitrogens with two attached hydrogens (primary N) is 1. The molecule has 5 N–H and O–H groups in total. The number of aromatic nitrogens is 2. The molecule has 2 amide bonds. The lowest BCUT2D eigenvalue weighted by Crippen LogP contribution is -2.47. The highest BCUT2D eigenvalue weighted by Gasteiger charge is 2.50. The van der Waals surface area contributed by atoms with Crippen LogP contribution in [0.25, 0.3) is 0 Å². The SMILES string of the molecule is CCCCn1c(O)c(C(=N)N)c(=O)n(C2CCC(OC3C(=O)NC(=O)C3(C)C)CC2)c1=O. The van der Waals surface area contributed by atoms with Gasteiger partial charge in [-0.25, -0.2) is 4.79 Å². The van der Waals surface area contributed by atoms with Crippen molar-refractivity contribution in [3.8, 4) is 5.88 Å². The number of nitrogen functional groups attached to an aromatic ring is 1. The largest absolute Gasteiger partial charge is 0.494 e. The number of rotatable bonds is 7. The number of ether oxygens (including phenoxy) is 1. The smallest absolute Gasteiger partial charge is 0.334 e. The molecule has 11 heteroatoms. The van der Waals surface area contributed by atoms with Crippen LogP contribution < -0.4 is 22.3 Å². The van der Waals surface area contributed by atoms with Crippen LogP contribution >= 0.6 is 0 Å². The van der Waals surface area contributed by atoms with Gasteiger partial charge >= 0.3 is 5.69 Å². The Labute approximate surface area is 185 Å². The fourth-order valence-electron chi connectivity index (χ4n) is 4.38. The summed E-state index contributed by atoms with van der Waals surface area (Å²) in [7, 11) is 0. The lowest BCUT2D eigenvalue weighted by molar-refractivity contribution is -0.143. The average Bonchev–Trinajstić information content (AvgIpc) is 2.90. The topological polar surface area (TPSA) is 170 Å². The van der Waals surface area contributed by atoms with E-state index in [2.05, 4.69) is 5.32 Å². The summed E-state index contributed by atoms with van der Waals surface area (Å²) < 4.78 is 8.13. The number of unbranched alkanes of at least 4 members (excludes halogenated alkanes) is 1. The van der Waals surface area contributed by atoms with Crippen molar-refractivity contribution in [2.75, 3.05) is 0 Å². The Hall–Kier alpha value is -2.95. The molecule has 2 heterocycles. The first-order chi connectivity index (χ1) is 15.0. The Bertz CT molecular complexity index is 1050. The molecule has 32 heavy (non-hydrogen) atoms. The number of amidine groups is 1. The summed E-state index contributed by atoms with van der Waals surface area (Å²) in [5, 5.41) is 20.4. The van der Waals surface area contributed by atoms with Crippen LogP contribution in [0.5, 0.6) is 5.88 Å². The Morgan fingerprint density at radius 1 is 1.22 bits per heavy atom. The fraction of sp³-hybridized carbons (Fsp3) is 0.667. The third-order valence-electron chi connectivity index (χ3n) is 6.41. The van der Waals surface area contributed by atoms with Gasteiger partial charge in [0.15, 0.2) is 6.10 Å². The number of hydrogen-bond acceptors (Lipinski definition) is 7. The summed E-state index contributed by atoms with van der Waals surface area (Å²) in [5.41, 5.74) is 2.79. The molecule has 2 aliphatic rings. The van der Waals surface area contributed by atoms with E-state index < -0.39 is 46.4 Å². The van der Waals surface area contributed by atoms with Gasteiger partial charge in [0.25, 0.3) is 11.5 Å². The van der Waals surface area contributed by atoms with E-state index in [0.29, 0.717) is 32.1 Å². The van der Waals surface area contributed by atoms with Gasteiger partial charge in [-0.3, -0.25) is 34.2 Å². The zero-order valence-corrected chi connectivity index (χ0v) is 18.6.